The van der Waals surface area contributed by atoms with Crippen molar-refractivity contribution >= 4 is 10.9 Å². The predicted molar refractivity (Wildman–Crippen MR) is 125 cm³/mol. The third kappa shape index (κ3) is 4.75. The van der Waals surface area contributed by atoms with Crippen LogP contribution >= 0.6 is 0 Å². The molecule has 9 heteroatoms. The minimum Gasteiger partial charge on any atom is -0.497 e. The fourth-order valence-electron chi connectivity index (χ4n) is 4.29. The van der Waals surface area contributed by atoms with Crippen LogP contribution in [-0.2, 0) is 17.6 Å². The monoisotopic (exact) mass is 472 g/mol. The number of aromatic nitrogens is 2. The van der Waals surface area contributed by atoms with Crippen molar-refractivity contribution in [1.82, 2.24) is 9.78 Å². The van der Waals surface area contributed by atoms with Crippen LogP contribution in [0.4, 0.5) is 0 Å². The molecule has 1 aliphatic rings. The van der Waals surface area contributed by atoms with E-state index in [9.17, 15) is 20.4 Å². The normalized spacial score (nSPS) is 25.1. The van der Waals surface area contributed by atoms with E-state index >= 15 is 0 Å². The molecule has 9 nitrogen and oxygen atoms in total. The molecule has 1 fully saturated rings. The van der Waals surface area contributed by atoms with Crippen LogP contribution in [0.25, 0.3) is 10.9 Å². The summed E-state index contributed by atoms with van der Waals surface area (Å²) in [5, 5.41) is 45.6. The molecule has 0 unspecified atom stereocenters. The number of aliphatic hydroxyl groups excluding tert-OH is 4. The molecule has 2 heterocycles. The van der Waals surface area contributed by atoms with E-state index in [-0.39, 0.29) is 11.9 Å². The molecule has 184 valence electrons. The minimum atomic E-state index is -1.53. The van der Waals surface area contributed by atoms with Crippen molar-refractivity contribution in [1.29, 1.82) is 0 Å². The zero-order valence-corrected chi connectivity index (χ0v) is 19.5. The number of hydrogen-bond donors (Lipinski definition) is 4. The fourth-order valence-corrected chi connectivity index (χ4v) is 4.29. The zero-order chi connectivity index (χ0) is 24.4. The van der Waals surface area contributed by atoms with Gasteiger partial charge in [-0.05, 0) is 56.0 Å². The maximum Gasteiger partial charge on any atom is 0.243 e. The van der Waals surface area contributed by atoms with Crippen molar-refractivity contribution in [3.8, 4) is 11.6 Å². The lowest BCUT2D eigenvalue weighted by Gasteiger charge is -2.39. The number of benzene rings is 2. The van der Waals surface area contributed by atoms with Gasteiger partial charge in [-0.3, -0.25) is 4.68 Å². The Morgan fingerprint density at radius 3 is 2.50 bits per heavy atom. The van der Waals surface area contributed by atoms with Crippen LogP contribution in [0.1, 0.15) is 31.0 Å². The molecule has 1 saturated heterocycles. The molecule has 1 aliphatic heterocycles. The summed E-state index contributed by atoms with van der Waals surface area (Å²) in [5.74, 6) is 1.06. The van der Waals surface area contributed by atoms with Gasteiger partial charge in [0.05, 0.1) is 24.6 Å². The molecule has 0 aliphatic carbocycles. The van der Waals surface area contributed by atoms with E-state index in [2.05, 4.69) is 5.10 Å². The Labute approximate surface area is 198 Å². The summed E-state index contributed by atoms with van der Waals surface area (Å²) in [7, 11) is 1.64. The SMILES string of the molecule is COc1cccc(CCc2cccc3c2c(O[C@@H]2O[C@H](CO)[C@@H](O)[C@H](O)[C@H]2O)nn3C(C)C)c1. The molecule has 3 aromatic rings. The van der Waals surface area contributed by atoms with Gasteiger partial charge in [0.15, 0.2) is 0 Å². The van der Waals surface area contributed by atoms with Crippen molar-refractivity contribution in [2.45, 2.75) is 63.4 Å². The molecule has 4 rings (SSSR count). The van der Waals surface area contributed by atoms with E-state index in [0.29, 0.717) is 6.42 Å². The number of aryl methyl sites for hydroxylation is 2. The van der Waals surface area contributed by atoms with Gasteiger partial charge in [0, 0.05) is 6.04 Å². The first-order valence-corrected chi connectivity index (χ1v) is 11.4. The lowest BCUT2D eigenvalue weighted by atomic mass is 9.99. The summed E-state index contributed by atoms with van der Waals surface area (Å²) in [6.45, 7) is 3.48. The maximum atomic E-state index is 10.5. The molecule has 0 amide bonds. The lowest BCUT2D eigenvalue weighted by molar-refractivity contribution is -0.278. The summed E-state index contributed by atoms with van der Waals surface area (Å²) in [6.07, 6.45) is -5.39. The van der Waals surface area contributed by atoms with Crippen molar-refractivity contribution in [3.63, 3.8) is 0 Å². The van der Waals surface area contributed by atoms with Crippen molar-refractivity contribution in [3.05, 3.63) is 53.6 Å². The van der Waals surface area contributed by atoms with Gasteiger partial charge < -0.3 is 34.6 Å². The molecule has 2 aromatic carbocycles. The van der Waals surface area contributed by atoms with Gasteiger partial charge in [-0.2, -0.15) is 0 Å². The molecule has 4 N–H and O–H groups in total. The van der Waals surface area contributed by atoms with Crippen LogP contribution in [0.2, 0.25) is 0 Å². The quantitative estimate of drug-likeness (QED) is 0.389. The maximum absolute atomic E-state index is 10.5. The van der Waals surface area contributed by atoms with E-state index in [0.717, 1.165) is 34.2 Å². The van der Waals surface area contributed by atoms with Crippen LogP contribution in [0.5, 0.6) is 11.6 Å². The number of methoxy groups -OCH3 is 1. The second kappa shape index (κ2) is 10.3. The highest BCUT2D eigenvalue weighted by Gasteiger charge is 2.45. The highest BCUT2D eigenvalue weighted by atomic mass is 16.7. The minimum absolute atomic E-state index is 0.0447. The number of rotatable bonds is 8. The molecular weight excluding hydrogens is 440 g/mol. The van der Waals surface area contributed by atoms with E-state index < -0.39 is 37.3 Å². The van der Waals surface area contributed by atoms with E-state index in [1.54, 1.807) is 7.11 Å². The Morgan fingerprint density at radius 2 is 1.79 bits per heavy atom. The Hall–Kier alpha value is -2.69. The van der Waals surface area contributed by atoms with Gasteiger partial charge >= 0.3 is 0 Å². The molecular formula is C25H32N2O7. The van der Waals surface area contributed by atoms with Gasteiger partial charge in [0.2, 0.25) is 12.2 Å². The average molecular weight is 473 g/mol. The number of hydrogen-bond acceptors (Lipinski definition) is 8. The van der Waals surface area contributed by atoms with Gasteiger partial charge in [0.25, 0.3) is 0 Å². The van der Waals surface area contributed by atoms with E-state index in [1.165, 1.54) is 0 Å². The Balaban J connectivity index is 1.67. The largest absolute Gasteiger partial charge is 0.497 e. The molecule has 5 atom stereocenters. The number of fused-ring (bicyclic) bond motifs is 1. The number of aliphatic hydroxyl groups is 4. The highest BCUT2D eigenvalue weighted by molar-refractivity contribution is 5.88. The second-order valence-electron chi connectivity index (χ2n) is 8.82. The van der Waals surface area contributed by atoms with Crippen LogP contribution in [0.15, 0.2) is 42.5 Å². The van der Waals surface area contributed by atoms with Gasteiger partial charge in [-0.25, -0.2) is 0 Å². The second-order valence-corrected chi connectivity index (χ2v) is 8.82. The average Bonchev–Trinajstić information content (AvgIpc) is 3.22. The number of ether oxygens (including phenoxy) is 3. The molecule has 1 aromatic heterocycles. The first-order valence-electron chi connectivity index (χ1n) is 11.4. The highest BCUT2D eigenvalue weighted by Crippen LogP contribution is 2.34. The van der Waals surface area contributed by atoms with Crippen LogP contribution in [0.3, 0.4) is 0 Å². The van der Waals surface area contributed by atoms with Crippen molar-refractivity contribution in [2.24, 2.45) is 0 Å². The fraction of sp³-hybridized carbons (Fsp3) is 0.480. The lowest BCUT2D eigenvalue weighted by Crippen LogP contribution is -2.60. The smallest absolute Gasteiger partial charge is 0.243 e. The summed E-state index contributed by atoms with van der Waals surface area (Å²) < 4.78 is 18.7. The Kier molecular flexibility index (Phi) is 7.39. The molecule has 0 radical (unpaired) electrons. The van der Waals surface area contributed by atoms with Crippen molar-refractivity contribution < 1.29 is 34.6 Å². The number of nitrogens with zero attached hydrogens (tertiary/aromatic N) is 2. The molecule has 0 saturated carbocycles. The predicted octanol–water partition coefficient (Wildman–Crippen LogP) is 1.59. The topological polar surface area (TPSA) is 126 Å². The summed E-state index contributed by atoms with van der Waals surface area (Å²) in [5.41, 5.74) is 3.01. The molecule has 0 spiro atoms. The third-order valence-corrected chi connectivity index (χ3v) is 6.17. The van der Waals surface area contributed by atoms with Gasteiger partial charge in [0.1, 0.15) is 30.2 Å². The van der Waals surface area contributed by atoms with Crippen molar-refractivity contribution in [2.75, 3.05) is 13.7 Å². The Bertz CT molecular complexity index is 1110. The van der Waals surface area contributed by atoms with Crippen LogP contribution in [0, 0.1) is 0 Å². The van der Waals surface area contributed by atoms with Gasteiger partial charge in [-0.1, -0.05) is 24.3 Å². The third-order valence-electron chi connectivity index (χ3n) is 6.17. The van der Waals surface area contributed by atoms with Gasteiger partial charge in [-0.15, -0.1) is 5.10 Å². The van der Waals surface area contributed by atoms with Crippen LogP contribution < -0.4 is 9.47 Å². The summed E-state index contributed by atoms with van der Waals surface area (Å²) in [6, 6.07) is 13.9. The molecule has 34 heavy (non-hydrogen) atoms. The van der Waals surface area contributed by atoms with E-state index in [1.807, 2.05) is 61.0 Å². The molecule has 0 bridgehead atoms. The standard InChI is InChI=1S/C25H32N2O7/c1-14(2)27-18-9-5-7-16(11-10-15-6-4-8-17(12-15)32-3)20(18)24(26-27)34-25-23(31)22(30)21(29)19(13-28)33-25/h4-9,12,14,19,21-23,25,28-31H,10-11,13H2,1-3H3/t19-,21-,22+,23-,25+/m1/s1. The Morgan fingerprint density at radius 1 is 1.03 bits per heavy atom. The first kappa shape index (κ1) is 24.4. The zero-order valence-electron chi connectivity index (χ0n) is 19.5. The van der Waals surface area contributed by atoms with Crippen LogP contribution in [-0.4, -0.2) is 74.6 Å². The summed E-state index contributed by atoms with van der Waals surface area (Å²) in [4.78, 5) is 0. The first-order chi connectivity index (χ1) is 16.3. The summed E-state index contributed by atoms with van der Waals surface area (Å²) >= 11 is 0. The van der Waals surface area contributed by atoms with E-state index in [4.69, 9.17) is 14.2 Å².